The molecule has 0 radical (unpaired) electrons. The monoisotopic (exact) mass is 395 g/mol. The molecule has 1 saturated carbocycles. The SMILES string of the molecule is Cc1ccc2[nH]c(=O)c3cnn(CC(=O)NCCN(C)C4CCCCC4)c3c2c1. The fourth-order valence-corrected chi connectivity index (χ4v) is 4.38. The highest BCUT2D eigenvalue weighted by Gasteiger charge is 2.18. The van der Waals surface area contributed by atoms with Crippen LogP contribution in [0.15, 0.2) is 29.2 Å². The zero-order chi connectivity index (χ0) is 20.4. The molecule has 1 amide bonds. The molecule has 1 aliphatic rings. The van der Waals surface area contributed by atoms with E-state index in [1.54, 1.807) is 10.9 Å². The van der Waals surface area contributed by atoms with Gasteiger partial charge in [0.15, 0.2) is 0 Å². The smallest absolute Gasteiger partial charge is 0.259 e. The minimum atomic E-state index is -0.183. The number of likely N-dealkylation sites (N-methyl/N-ethyl adjacent to an activating group) is 1. The van der Waals surface area contributed by atoms with Crippen molar-refractivity contribution < 1.29 is 4.79 Å². The first kappa shape index (κ1) is 19.6. The van der Waals surface area contributed by atoms with Crippen molar-refractivity contribution in [3.63, 3.8) is 0 Å². The van der Waals surface area contributed by atoms with Gasteiger partial charge in [-0.25, -0.2) is 0 Å². The summed E-state index contributed by atoms with van der Waals surface area (Å²) in [6.07, 6.45) is 8.01. The Hall–Kier alpha value is -2.67. The Bertz CT molecular complexity index is 1080. The van der Waals surface area contributed by atoms with Crippen LogP contribution in [-0.2, 0) is 11.3 Å². The maximum atomic E-state index is 12.5. The van der Waals surface area contributed by atoms with Crippen LogP contribution in [0, 0.1) is 6.92 Å². The Morgan fingerprint density at radius 1 is 1.28 bits per heavy atom. The molecule has 1 fully saturated rings. The number of aryl methyl sites for hydroxylation is 1. The lowest BCUT2D eigenvalue weighted by atomic mass is 9.94. The highest BCUT2D eigenvalue weighted by atomic mass is 16.2. The Morgan fingerprint density at radius 3 is 2.86 bits per heavy atom. The number of rotatable bonds is 6. The normalized spacial score (nSPS) is 15.4. The van der Waals surface area contributed by atoms with Crippen LogP contribution in [-0.4, -0.2) is 51.8 Å². The van der Waals surface area contributed by atoms with Crippen LogP contribution in [0.25, 0.3) is 21.8 Å². The number of benzene rings is 1. The molecule has 2 N–H and O–H groups in total. The zero-order valence-corrected chi connectivity index (χ0v) is 17.2. The van der Waals surface area contributed by atoms with Crippen molar-refractivity contribution in [2.75, 3.05) is 20.1 Å². The summed E-state index contributed by atoms with van der Waals surface area (Å²) in [5.74, 6) is -0.0897. The lowest BCUT2D eigenvalue weighted by Gasteiger charge is -2.31. The standard InChI is InChI=1S/C22H29N5O2/c1-15-8-9-19-17(12-15)21-18(22(29)25-19)13-24-27(21)14-20(28)23-10-11-26(2)16-6-4-3-5-7-16/h8-9,12-13,16H,3-7,10-11,14H2,1-2H3,(H,23,28)(H,25,29). The number of carbonyl (C=O) groups excluding carboxylic acids is 1. The van der Waals surface area contributed by atoms with Crippen LogP contribution in [0.4, 0.5) is 0 Å². The quantitative estimate of drug-likeness (QED) is 0.672. The summed E-state index contributed by atoms with van der Waals surface area (Å²) in [6, 6.07) is 6.50. The van der Waals surface area contributed by atoms with Gasteiger partial charge in [0.2, 0.25) is 5.91 Å². The number of hydrogen-bond acceptors (Lipinski definition) is 4. The minimum absolute atomic E-state index is 0.0897. The number of pyridine rings is 1. The highest BCUT2D eigenvalue weighted by Crippen LogP contribution is 2.22. The highest BCUT2D eigenvalue weighted by molar-refractivity contribution is 6.03. The van der Waals surface area contributed by atoms with Crippen LogP contribution in [0.3, 0.4) is 0 Å². The third-order valence-corrected chi connectivity index (χ3v) is 6.04. The molecular weight excluding hydrogens is 366 g/mol. The predicted molar refractivity (Wildman–Crippen MR) is 115 cm³/mol. The van der Waals surface area contributed by atoms with Crippen molar-refractivity contribution in [1.82, 2.24) is 25.0 Å². The fourth-order valence-electron chi connectivity index (χ4n) is 4.38. The molecule has 0 spiro atoms. The molecule has 7 nitrogen and oxygen atoms in total. The van der Waals surface area contributed by atoms with Crippen molar-refractivity contribution in [3.8, 4) is 0 Å². The molecule has 0 bridgehead atoms. The van der Waals surface area contributed by atoms with E-state index in [4.69, 9.17) is 0 Å². The molecule has 0 atom stereocenters. The van der Waals surface area contributed by atoms with Gasteiger partial charge >= 0.3 is 0 Å². The van der Waals surface area contributed by atoms with Crippen LogP contribution in [0.2, 0.25) is 0 Å². The number of aromatic nitrogens is 3. The van der Waals surface area contributed by atoms with E-state index in [0.717, 1.165) is 23.0 Å². The van der Waals surface area contributed by atoms with E-state index in [-0.39, 0.29) is 18.0 Å². The first-order chi connectivity index (χ1) is 14.0. The molecule has 1 aromatic carbocycles. The molecule has 3 aromatic rings. The number of nitrogens with zero attached hydrogens (tertiary/aromatic N) is 3. The maximum Gasteiger partial charge on any atom is 0.259 e. The molecule has 0 saturated heterocycles. The number of carbonyl (C=O) groups is 1. The van der Waals surface area contributed by atoms with Crippen molar-refractivity contribution in [2.24, 2.45) is 0 Å². The number of fused-ring (bicyclic) bond motifs is 3. The third-order valence-electron chi connectivity index (χ3n) is 6.04. The Labute approximate surface area is 170 Å². The fraction of sp³-hybridized carbons (Fsp3) is 0.500. The Morgan fingerprint density at radius 2 is 2.07 bits per heavy atom. The molecule has 29 heavy (non-hydrogen) atoms. The van der Waals surface area contributed by atoms with Crippen molar-refractivity contribution >= 4 is 27.7 Å². The summed E-state index contributed by atoms with van der Waals surface area (Å²) in [4.78, 5) is 30.1. The average molecular weight is 396 g/mol. The average Bonchev–Trinajstić information content (AvgIpc) is 3.14. The van der Waals surface area contributed by atoms with Gasteiger partial charge in [-0.2, -0.15) is 5.10 Å². The van der Waals surface area contributed by atoms with E-state index in [9.17, 15) is 9.59 Å². The van der Waals surface area contributed by atoms with Crippen molar-refractivity contribution in [2.45, 2.75) is 51.6 Å². The van der Waals surface area contributed by atoms with Crippen molar-refractivity contribution in [1.29, 1.82) is 0 Å². The van der Waals surface area contributed by atoms with Gasteiger partial charge in [-0.05, 0) is 38.9 Å². The first-order valence-corrected chi connectivity index (χ1v) is 10.5. The van der Waals surface area contributed by atoms with Crippen LogP contribution < -0.4 is 10.9 Å². The van der Waals surface area contributed by atoms with Crippen molar-refractivity contribution in [3.05, 3.63) is 40.3 Å². The Balaban J connectivity index is 1.45. The largest absolute Gasteiger partial charge is 0.353 e. The number of nitrogens with one attached hydrogen (secondary N) is 2. The number of amides is 1. The number of hydrogen-bond donors (Lipinski definition) is 2. The summed E-state index contributed by atoms with van der Waals surface area (Å²) in [6.45, 7) is 3.57. The van der Waals surface area contributed by atoms with Crippen LogP contribution >= 0.6 is 0 Å². The second-order valence-corrected chi connectivity index (χ2v) is 8.19. The first-order valence-electron chi connectivity index (χ1n) is 10.5. The van der Waals surface area contributed by atoms with Gasteiger partial charge in [0.25, 0.3) is 5.56 Å². The van der Waals surface area contributed by atoms with E-state index in [1.807, 2.05) is 25.1 Å². The lowest BCUT2D eigenvalue weighted by molar-refractivity contribution is -0.121. The van der Waals surface area contributed by atoms with Gasteiger partial charge in [-0.1, -0.05) is 30.9 Å². The maximum absolute atomic E-state index is 12.5. The minimum Gasteiger partial charge on any atom is -0.353 e. The van der Waals surface area contributed by atoms with Gasteiger partial charge in [-0.15, -0.1) is 0 Å². The van der Waals surface area contributed by atoms with Gasteiger partial charge in [-0.3, -0.25) is 14.3 Å². The van der Waals surface area contributed by atoms with Gasteiger partial charge in [0.05, 0.1) is 22.6 Å². The molecule has 1 aliphatic carbocycles. The second-order valence-electron chi connectivity index (χ2n) is 8.19. The summed E-state index contributed by atoms with van der Waals surface area (Å²) >= 11 is 0. The number of aromatic amines is 1. The second kappa shape index (κ2) is 8.37. The summed E-state index contributed by atoms with van der Waals surface area (Å²) < 4.78 is 1.63. The van der Waals surface area contributed by atoms with Gasteiger partial charge < -0.3 is 15.2 Å². The predicted octanol–water partition coefficient (Wildman–Crippen LogP) is 2.57. The van der Waals surface area contributed by atoms with E-state index < -0.39 is 0 Å². The molecule has 154 valence electrons. The van der Waals surface area contributed by atoms with E-state index in [0.29, 0.717) is 23.5 Å². The third kappa shape index (κ3) is 4.19. The molecular formula is C22H29N5O2. The summed E-state index contributed by atoms with van der Waals surface area (Å²) in [7, 11) is 2.14. The molecule has 0 unspecified atom stereocenters. The zero-order valence-electron chi connectivity index (χ0n) is 17.2. The molecule has 2 heterocycles. The van der Waals surface area contributed by atoms with E-state index >= 15 is 0 Å². The van der Waals surface area contributed by atoms with E-state index in [2.05, 4.69) is 27.3 Å². The summed E-state index contributed by atoms with van der Waals surface area (Å²) in [5, 5.41) is 8.73. The topological polar surface area (TPSA) is 83.0 Å². The van der Waals surface area contributed by atoms with Gasteiger partial charge in [0.1, 0.15) is 6.54 Å². The molecule has 0 aliphatic heterocycles. The lowest BCUT2D eigenvalue weighted by Crippen LogP contribution is -2.40. The summed E-state index contributed by atoms with van der Waals surface area (Å²) in [5.41, 5.74) is 2.37. The number of H-pyrrole nitrogens is 1. The Kier molecular flexibility index (Phi) is 5.67. The molecule has 7 heteroatoms. The van der Waals surface area contributed by atoms with Gasteiger partial charge in [0, 0.05) is 24.5 Å². The van der Waals surface area contributed by atoms with Crippen LogP contribution in [0.1, 0.15) is 37.7 Å². The van der Waals surface area contributed by atoms with E-state index in [1.165, 1.54) is 32.1 Å². The van der Waals surface area contributed by atoms with Crippen LogP contribution in [0.5, 0.6) is 0 Å². The molecule has 4 rings (SSSR count). The molecule has 2 aromatic heterocycles.